The Morgan fingerprint density at radius 3 is 2.50 bits per heavy atom. The van der Waals surface area contributed by atoms with Gasteiger partial charge in [-0.05, 0) is 25.0 Å². The quantitative estimate of drug-likeness (QED) is 0.741. The summed E-state index contributed by atoms with van der Waals surface area (Å²) in [6, 6.07) is 7.37. The van der Waals surface area contributed by atoms with Crippen molar-refractivity contribution in [1.29, 1.82) is 0 Å². The van der Waals surface area contributed by atoms with Gasteiger partial charge in [0.25, 0.3) is 0 Å². The number of rotatable bonds is 2. The molecule has 0 aliphatic rings. The van der Waals surface area contributed by atoms with Gasteiger partial charge in [0.1, 0.15) is 5.75 Å². The molecule has 3 heteroatoms. The normalized spacial score (nSPS) is 11.8. The molecule has 1 unspecified atom stereocenters. The van der Waals surface area contributed by atoms with Gasteiger partial charge in [-0.25, -0.2) is 0 Å². The maximum Gasteiger partial charge on any atom is 0.118 e. The van der Waals surface area contributed by atoms with E-state index in [1.165, 1.54) is 0 Å². The molecule has 0 fully saturated rings. The van der Waals surface area contributed by atoms with Crippen LogP contribution < -0.4 is 5.73 Å². The summed E-state index contributed by atoms with van der Waals surface area (Å²) in [5.74, 6) is 0.338. The van der Waals surface area contributed by atoms with Crippen LogP contribution in [0, 0.1) is 0 Å². The molecule has 12 heavy (non-hydrogen) atoms. The van der Waals surface area contributed by atoms with Gasteiger partial charge in [0, 0.05) is 6.04 Å². The van der Waals surface area contributed by atoms with E-state index in [9.17, 15) is 5.11 Å². The second-order valence-corrected chi connectivity index (χ2v) is 2.81. The smallest absolute Gasteiger partial charge is 0.118 e. The minimum Gasteiger partial charge on any atom is -0.508 e. The summed E-state index contributed by atoms with van der Waals surface area (Å²) >= 11 is 0. The first-order chi connectivity index (χ1) is 5.20. The van der Waals surface area contributed by atoms with Crippen LogP contribution in [-0.2, 0) is 6.42 Å². The van der Waals surface area contributed by atoms with Gasteiger partial charge in [0.2, 0.25) is 0 Å². The molecule has 68 valence electrons. The van der Waals surface area contributed by atoms with E-state index in [1.807, 2.05) is 19.1 Å². The first-order valence-corrected chi connectivity index (χ1v) is 3.72. The largest absolute Gasteiger partial charge is 0.508 e. The number of hydrogen-bond acceptors (Lipinski definition) is 2. The third kappa shape index (κ3) is 3.11. The lowest BCUT2D eigenvalue weighted by Crippen LogP contribution is -2.17. The van der Waals surface area contributed by atoms with E-state index in [0.717, 1.165) is 12.0 Å². The molecule has 1 aromatic rings. The maximum atomic E-state index is 9.30. The van der Waals surface area contributed by atoms with Gasteiger partial charge in [0.15, 0.2) is 0 Å². The van der Waals surface area contributed by atoms with Crippen LogP contribution in [0.2, 0.25) is 0 Å². The highest BCUT2D eigenvalue weighted by molar-refractivity contribution is 5.85. The minimum atomic E-state index is 0. The second-order valence-electron chi connectivity index (χ2n) is 2.81. The van der Waals surface area contributed by atoms with Gasteiger partial charge in [-0.15, -0.1) is 12.4 Å². The van der Waals surface area contributed by atoms with Crippen LogP contribution in [0.4, 0.5) is 0 Å². The molecule has 3 N–H and O–H groups in total. The molecule has 0 bridgehead atoms. The van der Waals surface area contributed by atoms with E-state index >= 15 is 0 Å². The number of benzene rings is 1. The van der Waals surface area contributed by atoms with Gasteiger partial charge >= 0.3 is 0 Å². The highest BCUT2D eigenvalue weighted by Crippen LogP contribution is 2.16. The van der Waals surface area contributed by atoms with E-state index in [4.69, 9.17) is 5.73 Å². The van der Waals surface area contributed by atoms with Crippen LogP contribution in [0.1, 0.15) is 12.5 Å². The van der Waals surface area contributed by atoms with E-state index in [-0.39, 0.29) is 18.4 Å². The van der Waals surface area contributed by atoms with Gasteiger partial charge in [0.05, 0.1) is 0 Å². The van der Waals surface area contributed by atoms with Gasteiger partial charge in [-0.2, -0.15) is 0 Å². The van der Waals surface area contributed by atoms with Crippen LogP contribution in [0.15, 0.2) is 24.3 Å². The first-order valence-electron chi connectivity index (χ1n) is 3.72. The number of halogens is 1. The van der Waals surface area contributed by atoms with E-state index in [1.54, 1.807) is 12.1 Å². The van der Waals surface area contributed by atoms with Crippen LogP contribution in [0.5, 0.6) is 5.75 Å². The van der Waals surface area contributed by atoms with Crippen LogP contribution in [0.3, 0.4) is 0 Å². The number of phenolic OH excluding ortho intramolecular Hbond substituents is 1. The fourth-order valence-electron chi connectivity index (χ4n) is 1.03. The molecule has 1 aromatic carbocycles. The number of nitrogens with two attached hydrogens (primary N) is 1. The number of hydrogen-bond donors (Lipinski definition) is 2. The summed E-state index contributed by atoms with van der Waals surface area (Å²) < 4.78 is 0. The van der Waals surface area contributed by atoms with Crippen LogP contribution in [0.25, 0.3) is 0 Å². The van der Waals surface area contributed by atoms with E-state index < -0.39 is 0 Å². The van der Waals surface area contributed by atoms with Crippen LogP contribution in [-0.4, -0.2) is 11.1 Å². The van der Waals surface area contributed by atoms with Crippen molar-refractivity contribution in [2.75, 3.05) is 0 Å². The van der Waals surface area contributed by atoms with Crippen molar-refractivity contribution in [3.8, 4) is 5.75 Å². The van der Waals surface area contributed by atoms with Crippen LogP contribution >= 0.6 is 12.4 Å². The number of phenols is 1. The minimum absolute atomic E-state index is 0. The SMILES string of the molecule is CC(N)Cc1ccccc1O.Cl. The zero-order chi connectivity index (χ0) is 8.27. The standard InChI is InChI=1S/C9H13NO.ClH/c1-7(10)6-8-4-2-3-5-9(8)11;/h2-5,7,11H,6,10H2,1H3;1H. The Bertz CT molecular complexity index is 238. The fraction of sp³-hybridized carbons (Fsp3) is 0.333. The topological polar surface area (TPSA) is 46.2 Å². The second kappa shape index (κ2) is 5.01. The summed E-state index contributed by atoms with van der Waals surface area (Å²) in [6.07, 6.45) is 0.729. The summed E-state index contributed by atoms with van der Waals surface area (Å²) in [6.45, 7) is 1.92. The molecule has 0 spiro atoms. The Morgan fingerprint density at radius 2 is 2.00 bits per heavy atom. The van der Waals surface area contributed by atoms with Gasteiger partial charge < -0.3 is 10.8 Å². The highest BCUT2D eigenvalue weighted by atomic mass is 35.5. The van der Waals surface area contributed by atoms with Crippen molar-refractivity contribution in [3.63, 3.8) is 0 Å². The number of aromatic hydroxyl groups is 1. The Kier molecular flexibility index (Phi) is 4.71. The Balaban J connectivity index is 0.00000121. The fourth-order valence-corrected chi connectivity index (χ4v) is 1.03. The molecular weight excluding hydrogens is 174 g/mol. The molecule has 2 nitrogen and oxygen atoms in total. The Morgan fingerprint density at radius 1 is 1.42 bits per heavy atom. The van der Waals surface area contributed by atoms with Crippen molar-refractivity contribution in [3.05, 3.63) is 29.8 Å². The lowest BCUT2D eigenvalue weighted by Gasteiger charge is -2.05. The zero-order valence-electron chi connectivity index (χ0n) is 7.03. The lowest BCUT2D eigenvalue weighted by molar-refractivity contribution is 0.465. The van der Waals surface area contributed by atoms with Crippen molar-refractivity contribution >= 4 is 12.4 Å². The first kappa shape index (κ1) is 11.3. The van der Waals surface area contributed by atoms with Crippen molar-refractivity contribution < 1.29 is 5.11 Å². The molecule has 0 heterocycles. The van der Waals surface area contributed by atoms with Gasteiger partial charge in [-0.3, -0.25) is 0 Å². The van der Waals surface area contributed by atoms with Gasteiger partial charge in [-0.1, -0.05) is 18.2 Å². The third-order valence-electron chi connectivity index (χ3n) is 1.53. The molecule has 0 aromatic heterocycles. The molecule has 0 amide bonds. The highest BCUT2D eigenvalue weighted by Gasteiger charge is 2.01. The molecular formula is C9H14ClNO. The average Bonchev–Trinajstić information content (AvgIpc) is 1.93. The summed E-state index contributed by atoms with van der Waals surface area (Å²) in [5, 5.41) is 9.30. The predicted octanol–water partition coefficient (Wildman–Crippen LogP) is 1.70. The molecule has 0 aliphatic carbocycles. The number of para-hydroxylation sites is 1. The molecule has 0 saturated carbocycles. The summed E-state index contributed by atoms with van der Waals surface area (Å²) in [4.78, 5) is 0. The Hall–Kier alpha value is -0.730. The maximum absolute atomic E-state index is 9.30. The zero-order valence-corrected chi connectivity index (χ0v) is 7.84. The molecule has 0 radical (unpaired) electrons. The molecule has 0 saturated heterocycles. The third-order valence-corrected chi connectivity index (χ3v) is 1.53. The predicted molar refractivity (Wildman–Crippen MR) is 52.7 cm³/mol. The van der Waals surface area contributed by atoms with E-state index in [0.29, 0.717) is 5.75 Å². The summed E-state index contributed by atoms with van der Waals surface area (Å²) in [7, 11) is 0. The Labute approximate surface area is 78.8 Å². The summed E-state index contributed by atoms with van der Waals surface area (Å²) in [5.41, 5.74) is 6.50. The van der Waals surface area contributed by atoms with Crippen molar-refractivity contribution in [1.82, 2.24) is 0 Å². The van der Waals surface area contributed by atoms with Crippen molar-refractivity contribution in [2.45, 2.75) is 19.4 Å². The van der Waals surface area contributed by atoms with Crippen molar-refractivity contribution in [2.24, 2.45) is 5.73 Å². The van der Waals surface area contributed by atoms with E-state index in [2.05, 4.69) is 0 Å². The lowest BCUT2D eigenvalue weighted by atomic mass is 10.1. The molecule has 1 rings (SSSR count). The average molecular weight is 188 g/mol. The monoisotopic (exact) mass is 187 g/mol. The molecule has 0 aliphatic heterocycles. The molecule has 1 atom stereocenters.